The fourth-order valence-corrected chi connectivity index (χ4v) is 6.57. The first kappa shape index (κ1) is 31.6. The summed E-state index contributed by atoms with van der Waals surface area (Å²) in [7, 11) is -8.36. The monoisotopic (exact) mass is 655 g/mol. The minimum atomic E-state index is -4.62. The van der Waals surface area contributed by atoms with Crippen molar-refractivity contribution >= 4 is 53.9 Å². The number of aromatic nitrogens is 1. The first-order valence-corrected chi connectivity index (χ1v) is 16.9. The molecule has 10 nitrogen and oxygen atoms in total. The van der Waals surface area contributed by atoms with Crippen molar-refractivity contribution in [2.45, 2.75) is 24.8 Å². The van der Waals surface area contributed by atoms with E-state index in [1.165, 1.54) is 34.9 Å². The Kier molecular flexibility index (Phi) is 8.63. The van der Waals surface area contributed by atoms with E-state index in [4.69, 9.17) is 4.74 Å². The predicted octanol–water partition coefficient (Wildman–Crippen LogP) is 4.77. The minimum absolute atomic E-state index is 0.00552. The van der Waals surface area contributed by atoms with Crippen LogP contribution in [-0.4, -0.2) is 46.0 Å². The van der Waals surface area contributed by atoms with Crippen LogP contribution >= 0.6 is 0 Å². The van der Waals surface area contributed by atoms with E-state index in [1.54, 1.807) is 37.3 Å². The van der Waals surface area contributed by atoms with Crippen LogP contribution in [0.15, 0.2) is 83.8 Å². The van der Waals surface area contributed by atoms with E-state index in [9.17, 15) is 35.2 Å². The van der Waals surface area contributed by atoms with Crippen LogP contribution in [-0.2, 0) is 31.4 Å². The number of Topliss-reactive ketones (excluding diaryl/α,β-unsaturated/α-hetero) is 1. The number of anilines is 1. The molecule has 1 aliphatic rings. The second-order valence-electron chi connectivity index (χ2n) is 10.1. The third-order valence-corrected chi connectivity index (χ3v) is 8.79. The van der Waals surface area contributed by atoms with Crippen LogP contribution in [0.4, 0.5) is 14.5 Å². The second kappa shape index (κ2) is 12.3. The van der Waals surface area contributed by atoms with Crippen molar-refractivity contribution in [2.75, 3.05) is 17.6 Å². The SMILES string of the molecule is CCOc1ccc2c(c1)c(C1=CC=CCC1=O)c(C(=O)NS(=O)(=O)c1cccc(NS(C)(=O)=O)c1)n2Cc1ccc(F)cc1F. The molecular weight excluding hydrogens is 628 g/mol. The fraction of sp³-hybridized carbons (Fsp3) is 0.161. The summed E-state index contributed by atoms with van der Waals surface area (Å²) in [4.78, 5) is 26.8. The molecular formula is C31H27F2N3O7S2. The third kappa shape index (κ3) is 6.81. The summed E-state index contributed by atoms with van der Waals surface area (Å²) >= 11 is 0. The van der Waals surface area contributed by atoms with Gasteiger partial charge >= 0.3 is 0 Å². The Morgan fingerprint density at radius 1 is 1.02 bits per heavy atom. The first-order valence-electron chi connectivity index (χ1n) is 13.6. The number of hydrogen-bond acceptors (Lipinski definition) is 7. The van der Waals surface area contributed by atoms with Gasteiger partial charge in [0.2, 0.25) is 10.0 Å². The highest BCUT2D eigenvalue weighted by molar-refractivity contribution is 7.92. The zero-order valence-corrected chi connectivity index (χ0v) is 25.6. The van der Waals surface area contributed by atoms with E-state index >= 15 is 0 Å². The van der Waals surface area contributed by atoms with Crippen LogP contribution in [0.2, 0.25) is 0 Å². The second-order valence-corrected chi connectivity index (χ2v) is 13.6. The highest BCUT2D eigenvalue weighted by atomic mass is 32.2. The van der Waals surface area contributed by atoms with Crippen molar-refractivity contribution in [3.8, 4) is 5.75 Å². The average molecular weight is 656 g/mol. The molecule has 2 N–H and O–H groups in total. The lowest BCUT2D eigenvalue weighted by Gasteiger charge is -2.15. The summed E-state index contributed by atoms with van der Waals surface area (Å²) in [5.74, 6) is -2.79. The molecule has 14 heteroatoms. The molecule has 3 aromatic carbocycles. The Labute approximate surface area is 258 Å². The maximum Gasteiger partial charge on any atom is 0.282 e. The predicted molar refractivity (Wildman–Crippen MR) is 165 cm³/mol. The molecule has 0 spiro atoms. The summed E-state index contributed by atoms with van der Waals surface area (Å²) in [5, 5.41) is 0.361. The maximum absolute atomic E-state index is 14.9. The lowest BCUT2D eigenvalue weighted by Crippen LogP contribution is -2.33. The van der Waals surface area contributed by atoms with Gasteiger partial charge in [-0.05, 0) is 49.4 Å². The summed E-state index contributed by atoms with van der Waals surface area (Å²) in [6.07, 6.45) is 5.68. The maximum atomic E-state index is 14.9. The topological polar surface area (TPSA) is 141 Å². The van der Waals surface area contributed by atoms with Gasteiger partial charge in [0.25, 0.3) is 15.9 Å². The van der Waals surface area contributed by atoms with E-state index in [0.717, 1.165) is 18.4 Å². The average Bonchev–Trinajstić information content (AvgIpc) is 3.27. The standard InChI is InChI=1S/C31H27F2N3O7S2/c1-3-43-22-13-14-27-25(17-22)29(24-9-4-5-10-28(24)37)30(36(27)18-19-11-12-20(32)15-26(19)33)31(38)35-45(41,42)23-8-6-7-21(16-23)34-44(2,39)40/h4-9,11-17,34H,3,10,18H2,1-2H3,(H,35,38). The third-order valence-electron chi connectivity index (χ3n) is 6.85. The number of carbonyl (C=O) groups is 2. The molecule has 234 valence electrons. The van der Waals surface area contributed by atoms with Crippen LogP contribution in [0.1, 0.15) is 35.0 Å². The number of fused-ring (bicyclic) bond motifs is 1. The van der Waals surface area contributed by atoms with Crippen molar-refractivity contribution in [3.05, 3.63) is 107 Å². The summed E-state index contributed by atoms with van der Waals surface area (Å²) in [6.45, 7) is 1.76. The van der Waals surface area contributed by atoms with Crippen LogP contribution < -0.4 is 14.2 Å². The fourth-order valence-electron chi connectivity index (χ4n) is 5.02. The number of nitrogens with zero attached hydrogens (tertiary/aromatic N) is 1. The molecule has 1 heterocycles. The van der Waals surface area contributed by atoms with Gasteiger partial charge in [0.05, 0.1) is 24.3 Å². The first-order chi connectivity index (χ1) is 21.3. The summed E-state index contributed by atoms with van der Waals surface area (Å²) in [6, 6.07) is 12.6. The molecule has 1 aromatic heterocycles. The number of hydrogen-bond donors (Lipinski definition) is 2. The van der Waals surface area contributed by atoms with Gasteiger partial charge < -0.3 is 9.30 Å². The van der Waals surface area contributed by atoms with Crippen LogP contribution in [0, 0.1) is 11.6 Å². The molecule has 5 rings (SSSR count). The minimum Gasteiger partial charge on any atom is -0.494 e. The van der Waals surface area contributed by atoms with Gasteiger partial charge in [0.15, 0.2) is 5.78 Å². The van der Waals surface area contributed by atoms with Crippen LogP contribution in [0.5, 0.6) is 5.75 Å². The number of ketones is 1. The quantitative estimate of drug-likeness (QED) is 0.251. The number of benzene rings is 3. The van der Waals surface area contributed by atoms with Crippen molar-refractivity contribution in [1.82, 2.24) is 9.29 Å². The van der Waals surface area contributed by atoms with Gasteiger partial charge in [-0.25, -0.2) is 30.3 Å². The zero-order chi connectivity index (χ0) is 32.5. The Balaban J connectivity index is 1.72. The molecule has 0 unspecified atom stereocenters. The van der Waals surface area contributed by atoms with Gasteiger partial charge in [-0.2, -0.15) is 0 Å². The molecule has 0 saturated heterocycles. The van der Waals surface area contributed by atoms with Gasteiger partial charge in [-0.1, -0.05) is 30.4 Å². The number of sulfonamides is 2. The number of rotatable bonds is 10. The van der Waals surface area contributed by atoms with E-state index < -0.39 is 42.5 Å². The molecule has 0 atom stereocenters. The Bertz CT molecular complexity index is 2140. The normalized spacial score (nSPS) is 13.5. The zero-order valence-electron chi connectivity index (χ0n) is 24.0. The molecule has 4 aromatic rings. The lowest BCUT2D eigenvalue weighted by molar-refractivity contribution is -0.113. The molecule has 0 saturated carbocycles. The van der Waals surface area contributed by atoms with Crippen molar-refractivity contribution < 1.29 is 39.9 Å². The molecule has 1 amide bonds. The van der Waals surface area contributed by atoms with Crippen molar-refractivity contribution in [1.29, 1.82) is 0 Å². The Hall–Kier alpha value is -4.82. The number of carbonyl (C=O) groups excluding carboxylic acids is 2. The van der Waals surface area contributed by atoms with E-state index in [2.05, 4.69) is 4.72 Å². The molecule has 45 heavy (non-hydrogen) atoms. The Morgan fingerprint density at radius 2 is 1.80 bits per heavy atom. The molecule has 0 aliphatic heterocycles. The highest BCUT2D eigenvalue weighted by Crippen LogP contribution is 2.37. The van der Waals surface area contributed by atoms with E-state index in [-0.39, 0.29) is 46.8 Å². The largest absolute Gasteiger partial charge is 0.494 e. The van der Waals surface area contributed by atoms with Gasteiger partial charge in [0, 0.05) is 45.8 Å². The molecule has 0 radical (unpaired) electrons. The Morgan fingerprint density at radius 3 is 2.49 bits per heavy atom. The van der Waals surface area contributed by atoms with Crippen LogP contribution in [0.3, 0.4) is 0 Å². The van der Waals surface area contributed by atoms with E-state index in [0.29, 0.717) is 29.3 Å². The molecule has 1 aliphatic carbocycles. The van der Waals surface area contributed by atoms with Crippen molar-refractivity contribution in [2.24, 2.45) is 0 Å². The smallest absolute Gasteiger partial charge is 0.282 e. The summed E-state index contributed by atoms with van der Waals surface area (Å²) in [5.41, 5.74) is 0.241. The number of amides is 1. The van der Waals surface area contributed by atoms with Gasteiger partial charge in [-0.15, -0.1) is 0 Å². The number of ether oxygens (including phenoxy) is 1. The van der Waals surface area contributed by atoms with Crippen LogP contribution in [0.25, 0.3) is 16.5 Å². The number of halogens is 2. The highest BCUT2D eigenvalue weighted by Gasteiger charge is 2.31. The van der Waals surface area contributed by atoms with Crippen molar-refractivity contribution in [3.63, 3.8) is 0 Å². The molecule has 0 bridgehead atoms. The summed E-state index contributed by atoms with van der Waals surface area (Å²) < 4.78 is 90.2. The van der Waals surface area contributed by atoms with Gasteiger partial charge in [-0.3, -0.25) is 14.3 Å². The van der Waals surface area contributed by atoms with E-state index in [1.807, 2.05) is 4.72 Å². The number of allylic oxidation sites excluding steroid dienone is 4. The number of nitrogens with one attached hydrogen (secondary N) is 2. The van der Waals surface area contributed by atoms with Gasteiger partial charge in [0.1, 0.15) is 23.1 Å². The lowest BCUT2D eigenvalue weighted by atomic mass is 9.93. The molecule has 0 fully saturated rings.